The van der Waals surface area contributed by atoms with Crippen molar-refractivity contribution in [2.75, 3.05) is 6.54 Å². The normalized spacial score (nSPS) is 20.2. The number of rotatable bonds is 4. The van der Waals surface area contributed by atoms with Gasteiger partial charge in [-0.3, -0.25) is 0 Å². The van der Waals surface area contributed by atoms with Gasteiger partial charge in [0.2, 0.25) is 0 Å². The molecule has 0 aromatic heterocycles. The Labute approximate surface area is 96.9 Å². The fraction of sp³-hybridized carbons (Fsp3) is 0.571. The van der Waals surface area contributed by atoms with Crippen LogP contribution in [0.25, 0.3) is 0 Å². The van der Waals surface area contributed by atoms with E-state index in [2.05, 4.69) is 0 Å². The largest absolute Gasteiger partial charge is 0.330 e. The molecule has 1 unspecified atom stereocenters. The van der Waals surface area contributed by atoms with Crippen LogP contribution in [0.5, 0.6) is 0 Å². The van der Waals surface area contributed by atoms with Gasteiger partial charge in [0.05, 0.1) is 0 Å². The zero-order chi connectivity index (χ0) is 11.6. The van der Waals surface area contributed by atoms with Gasteiger partial charge in [-0.15, -0.1) is 0 Å². The van der Waals surface area contributed by atoms with Crippen molar-refractivity contribution in [1.29, 1.82) is 0 Å². The van der Waals surface area contributed by atoms with E-state index in [4.69, 9.17) is 5.73 Å². The monoisotopic (exact) mass is 221 g/mol. The van der Waals surface area contributed by atoms with Gasteiger partial charge in [-0.05, 0) is 49.8 Å². The van der Waals surface area contributed by atoms with E-state index in [9.17, 15) is 4.39 Å². The van der Waals surface area contributed by atoms with Gasteiger partial charge >= 0.3 is 0 Å². The average Bonchev–Trinajstić information content (AvgIpc) is 2.15. The van der Waals surface area contributed by atoms with Gasteiger partial charge in [-0.25, -0.2) is 4.39 Å². The SMILES string of the molecule is CC(F)(c1ccccc1CCN)C1CCC1. The first-order valence-electron chi connectivity index (χ1n) is 6.13. The van der Waals surface area contributed by atoms with Crippen molar-refractivity contribution < 1.29 is 4.39 Å². The molecule has 1 aromatic carbocycles. The van der Waals surface area contributed by atoms with Crippen LogP contribution in [0.15, 0.2) is 24.3 Å². The Hall–Kier alpha value is -0.890. The summed E-state index contributed by atoms with van der Waals surface area (Å²) in [6.07, 6.45) is 3.97. The van der Waals surface area contributed by atoms with E-state index in [0.717, 1.165) is 30.4 Å². The standard InChI is InChI=1S/C14H20FN/c1-14(15,12-6-4-7-12)13-8-3-2-5-11(13)9-10-16/h2-3,5,8,12H,4,6-7,9-10,16H2,1H3. The number of alkyl halides is 1. The van der Waals surface area contributed by atoms with E-state index in [1.54, 1.807) is 6.92 Å². The maximum atomic E-state index is 14.8. The van der Waals surface area contributed by atoms with E-state index < -0.39 is 5.67 Å². The molecular weight excluding hydrogens is 201 g/mol. The molecule has 0 amide bonds. The van der Waals surface area contributed by atoms with Crippen LogP contribution >= 0.6 is 0 Å². The molecular formula is C14H20FN. The summed E-state index contributed by atoms with van der Waals surface area (Å²) in [5.74, 6) is 0.200. The second-order valence-corrected chi connectivity index (χ2v) is 4.90. The minimum atomic E-state index is -1.18. The van der Waals surface area contributed by atoms with Crippen molar-refractivity contribution in [3.05, 3.63) is 35.4 Å². The van der Waals surface area contributed by atoms with Crippen LogP contribution in [0.4, 0.5) is 4.39 Å². The van der Waals surface area contributed by atoms with E-state index in [1.807, 2.05) is 24.3 Å². The van der Waals surface area contributed by atoms with Crippen LogP contribution in [-0.2, 0) is 12.1 Å². The Morgan fingerprint density at radius 2 is 2.06 bits per heavy atom. The van der Waals surface area contributed by atoms with Crippen LogP contribution in [0, 0.1) is 5.92 Å². The van der Waals surface area contributed by atoms with Gasteiger partial charge in [0.15, 0.2) is 0 Å². The zero-order valence-corrected chi connectivity index (χ0v) is 9.88. The maximum Gasteiger partial charge on any atom is 0.136 e. The van der Waals surface area contributed by atoms with Gasteiger partial charge in [-0.1, -0.05) is 30.7 Å². The van der Waals surface area contributed by atoms with E-state index >= 15 is 0 Å². The molecule has 0 aliphatic heterocycles. The van der Waals surface area contributed by atoms with Crippen LogP contribution in [0.1, 0.15) is 37.3 Å². The minimum Gasteiger partial charge on any atom is -0.330 e. The van der Waals surface area contributed by atoms with Crippen molar-refractivity contribution in [1.82, 2.24) is 0 Å². The molecule has 0 radical (unpaired) electrons. The molecule has 0 heterocycles. The average molecular weight is 221 g/mol. The maximum absolute atomic E-state index is 14.8. The third-order valence-electron chi connectivity index (χ3n) is 3.83. The van der Waals surface area contributed by atoms with Crippen molar-refractivity contribution >= 4 is 0 Å². The lowest BCUT2D eigenvalue weighted by molar-refractivity contribution is 0.0455. The smallest absolute Gasteiger partial charge is 0.136 e. The second kappa shape index (κ2) is 4.54. The highest BCUT2D eigenvalue weighted by Crippen LogP contribution is 2.45. The first kappa shape index (κ1) is 11.6. The Morgan fingerprint density at radius 1 is 1.38 bits per heavy atom. The molecule has 1 saturated carbocycles. The van der Waals surface area contributed by atoms with Gasteiger partial charge < -0.3 is 5.73 Å². The van der Waals surface area contributed by atoms with E-state index in [1.165, 1.54) is 6.42 Å². The molecule has 2 rings (SSSR count). The lowest BCUT2D eigenvalue weighted by Crippen LogP contribution is -2.33. The number of hydrogen-bond acceptors (Lipinski definition) is 1. The predicted molar refractivity (Wildman–Crippen MR) is 65.0 cm³/mol. The molecule has 1 aliphatic rings. The molecule has 0 bridgehead atoms. The van der Waals surface area contributed by atoms with Crippen LogP contribution < -0.4 is 5.73 Å². The fourth-order valence-corrected chi connectivity index (χ4v) is 2.54. The molecule has 88 valence electrons. The van der Waals surface area contributed by atoms with Crippen molar-refractivity contribution in [3.8, 4) is 0 Å². The Morgan fingerprint density at radius 3 is 2.62 bits per heavy atom. The first-order valence-corrected chi connectivity index (χ1v) is 6.13. The second-order valence-electron chi connectivity index (χ2n) is 4.90. The van der Waals surface area contributed by atoms with Crippen LogP contribution in [-0.4, -0.2) is 6.54 Å². The molecule has 2 N–H and O–H groups in total. The third-order valence-corrected chi connectivity index (χ3v) is 3.83. The molecule has 2 heteroatoms. The van der Waals surface area contributed by atoms with Crippen LogP contribution in [0.3, 0.4) is 0 Å². The van der Waals surface area contributed by atoms with E-state index in [0.29, 0.717) is 6.54 Å². The van der Waals surface area contributed by atoms with Gasteiger partial charge in [0.25, 0.3) is 0 Å². The summed E-state index contributed by atoms with van der Waals surface area (Å²) in [7, 11) is 0. The van der Waals surface area contributed by atoms with Gasteiger partial charge in [-0.2, -0.15) is 0 Å². The molecule has 1 atom stereocenters. The Bertz CT molecular complexity index is 356. The van der Waals surface area contributed by atoms with E-state index in [-0.39, 0.29) is 5.92 Å². The molecule has 1 fully saturated rings. The molecule has 1 aliphatic carbocycles. The molecule has 1 aromatic rings. The summed E-state index contributed by atoms with van der Waals surface area (Å²) >= 11 is 0. The van der Waals surface area contributed by atoms with Crippen LogP contribution in [0.2, 0.25) is 0 Å². The number of hydrogen-bond donors (Lipinski definition) is 1. The quantitative estimate of drug-likeness (QED) is 0.830. The molecule has 0 saturated heterocycles. The summed E-state index contributed by atoms with van der Waals surface area (Å²) in [6.45, 7) is 2.31. The van der Waals surface area contributed by atoms with Gasteiger partial charge in [0, 0.05) is 0 Å². The first-order chi connectivity index (χ1) is 7.66. The topological polar surface area (TPSA) is 26.0 Å². The predicted octanol–water partition coefficient (Wildman–Crippen LogP) is 3.17. The van der Waals surface area contributed by atoms with Gasteiger partial charge in [0.1, 0.15) is 5.67 Å². The minimum absolute atomic E-state index is 0.200. The van der Waals surface area contributed by atoms with Crippen molar-refractivity contribution in [3.63, 3.8) is 0 Å². The summed E-state index contributed by atoms with van der Waals surface area (Å²) in [5.41, 5.74) is 6.32. The highest BCUT2D eigenvalue weighted by Gasteiger charge is 2.40. The Kier molecular flexibility index (Phi) is 3.29. The third kappa shape index (κ3) is 1.99. The number of nitrogens with two attached hydrogens (primary N) is 1. The molecule has 16 heavy (non-hydrogen) atoms. The summed E-state index contributed by atoms with van der Waals surface area (Å²) < 4.78 is 14.8. The highest BCUT2D eigenvalue weighted by atomic mass is 19.1. The number of halogens is 1. The number of benzene rings is 1. The summed E-state index contributed by atoms with van der Waals surface area (Å²) in [4.78, 5) is 0. The highest BCUT2D eigenvalue weighted by molar-refractivity contribution is 5.33. The summed E-state index contributed by atoms with van der Waals surface area (Å²) in [5, 5.41) is 0. The molecule has 1 nitrogen and oxygen atoms in total. The summed E-state index contributed by atoms with van der Waals surface area (Å²) in [6, 6.07) is 7.80. The fourth-order valence-electron chi connectivity index (χ4n) is 2.54. The molecule has 0 spiro atoms. The lowest BCUT2D eigenvalue weighted by Gasteiger charge is -2.38. The van der Waals surface area contributed by atoms with Crippen molar-refractivity contribution in [2.24, 2.45) is 11.7 Å². The Balaban J connectivity index is 2.30. The van der Waals surface area contributed by atoms with Crippen molar-refractivity contribution in [2.45, 2.75) is 38.3 Å². The lowest BCUT2D eigenvalue weighted by atomic mass is 9.71. The zero-order valence-electron chi connectivity index (χ0n) is 9.88.